The molecule has 4 nitrogen and oxygen atoms in total. The van der Waals surface area contributed by atoms with Crippen molar-refractivity contribution in [2.75, 3.05) is 0 Å². The van der Waals surface area contributed by atoms with Crippen molar-refractivity contribution in [1.29, 1.82) is 0 Å². The summed E-state index contributed by atoms with van der Waals surface area (Å²) >= 11 is 10.6. The number of halogens is 2. The topological polar surface area (TPSA) is 59.1 Å². The molecule has 0 fully saturated rings. The maximum atomic E-state index is 12.3. The molecule has 0 amide bonds. The first-order valence-electron chi connectivity index (χ1n) is 5.73. The number of hydrogen-bond acceptors (Lipinski definition) is 4. The van der Waals surface area contributed by atoms with Crippen LogP contribution >= 0.6 is 38.9 Å². The van der Waals surface area contributed by atoms with Crippen LogP contribution in [-0.4, -0.2) is 19.4 Å². The Kier molecular flexibility index (Phi) is 5.19. The number of aromatic nitrogens is 1. The lowest BCUT2D eigenvalue weighted by atomic mass is 10.1. The lowest BCUT2D eigenvalue weighted by Gasteiger charge is -2.14. The second-order valence-corrected chi connectivity index (χ2v) is 8.04. The van der Waals surface area contributed by atoms with Crippen molar-refractivity contribution >= 4 is 48.9 Å². The van der Waals surface area contributed by atoms with Gasteiger partial charge in [-0.05, 0) is 57.7 Å². The highest BCUT2D eigenvalue weighted by Gasteiger charge is 2.21. The summed E-state index contributed by atoms with van der Waals surface area (Å²) in [6.07, 6.45) is 2.08. The van der Waals surface area contributed by atoms with E-state index in [2.05, 4.69) is 25.6 Å². The summed E-state index contributed by atoms with van der Waals surface area (Å²) in [7, 11) is -3.69. The van der Waals surface area contributed by atoms with E-state index >= 15 is 0 Å². The fourth-order valence-corrected chi connectivity index (χ4v) is 4.59. The molecule has 2 heterocycles. The Bertz CT molecular complexity index is 689. The Balaban J connectivity index is 2.16. The lowest BCUT2D eigenvalue weighted by molar-refractivity contribution is 0.559. The average Bonchev–Trinajstić information content (AvgIpc) is 2.84. The summed E-state index contributed by atoms with van der Waals surface area (Å²) in [5, 5.41) is 3.92. The predicted octanol–water partition coefficient (Wildman–Crippen LogP) is 3.47. The Labute approximate surface area is 135 Å². The Hall–Kier alpha value is -0.470. The van der Waals surface area contributed by atoms with Gasteiger partial charge in [-0.3, -0.25) is 0 Å². The van der Waals surface area contributed by atoms with E-state index in [1.54, 1.807) is 11.3 Å². The van der Waals surface area contributed by atoms with E-state index in [-0.39, 0.29) is 16.1 Å². The van der Waals surface area contributed by atoms with E-state index in [9.17, 15) is 8.42 Å². The smallest absolute Gasteiger partial charge is 0.242 e. The molecule has 0 bridgehead atoms. The zero-order chi connectivity index (χ0) is 14.8. The minimum absolute atomic E-state index is 0.0225. The second-order valence-electron chi connectivity index (χ2n) is 4.30. The van der Waals surface area contributed by atoms with Gasteiger partial charge in [0.1, 0.15) is 10.0 Å². The van der Waals surface area contributed by atoms with Crippen molar-refractivity contribution in [3.63, 3.8) is 0 Å². The van der Waals surface area contributed by atoms with Gasteiger partial charge in [-0.1, -0.05) is 11.6 Å². The molecule has 1 unspecified atom stereocenters. The van der Waals surface area contributed by atoms with Crippen molar-refractivity contribution in [1.82, 2.24) is 9.71 Å². The lowest BCUT2D eigenvalue weighted by Crippen LogP contribution is -2.34. The summed E-state index contributed by atoms with van der Waals surface area (Å²) in [6.45, 7) is 1.81. The maximum Gasteiger partial charge on any atom is 0.243 e. The molecule has 2 aromatic rings. The van der Waals surface area contributed by atoms with Crippen LogP contribution in [0.5, 0.6) is 0 Å². The van der Waals surface area contributed by atoms with E-state index in [1.807, 2.05) is 23.8 Å². The third-order valence-corrected chi connectivity index (χ3v) is 5.72. The van der Waals surface area contributed by atoms with Gasteiger partial charge in [0.15, 0.2) is 0 Å². The van der Waals surface area contributed by atoms with Crippen LogP contribution in [0.25, 0.3) is 0 Å². The first-order valence-corrected chi connectivity index (χ1v) is 9.32. The predicted molar refractivity (Wildman–Crippen MR) is 84.8 cm³/mol. The summed E-state index contributed by atoms with van der Waals surface area (Å²) in [5.41, 5.74) is 1.10. The number of nitrogens with one attached hydrogen (secondary N) is 1. The van der Waals surface area contributed by atoms with E-state index < -0.39 is 10.0 Å². The fourth-order valence-electron chi connectivity index (χ4n) is 1.72. The van der Waals surface area contributed by atoms with Crippen LogP contribution in [0.15, 0.2) is 38.5 Å². The zero-order valence-electron chi connectivity index (χ0n) is 10.5. The zero-order valence-corrected chi connectivity index (χ0v) is 14.5. The van der Waals surface area contributed by atoms with Gasteiger partial charge >= 0.3 is 0 Å². The SMILES string of the molecule is CC(Cc1ccsc1)NS(=O)(=O)c1cc(Br)cnc1Cl. The summed E-state index contributed by atoms with van der Waals surface area (Å²) < 4.78 is 27.8. The molecule has 1 N–H and O–H groups in total. The highest BCUT2D eigenvalue weighted by molar-refractivity contribution is 9.10. The molecule has 1 atom stereocenters. The van der Waals surface area contributed by atoms with E-state index in [1.165, 1.54) is 12.3 Å². The normalized spacial score (nSPS) is 13.3. The van der Waals surface area contributed by atoms with Gasteiger partial charge in [-0.15, -0.1) is 0 Å². The molecule has 0 aliphatic heterocycles. The van der Waals surface area contributed by atoms with Gasteiger partial charge in [-0.2, -0.15) is 11.3 Å². The molecule has 20 heavy (non-hydrogen) atoms. The Morgan fingerprint density at radius 3 is 2.95 bits per heavy atom. The molecule has 0 saturated heterocycles. The highest BCUT2D eigenvalue weighted by Crippen LogP contribution is 2.23. The quantitative estimate of drug-likeness (QED) is 0.789. The highest BCUT2D eigenvalue weighted by atomic mass is 79.9. The van der Waals surface area contributed by atoms with Crippen LogP contribution in [-0.2, 0) is 16.4 Å². The number of sulfonamides is 1. The summed E-state index contributed by atoms with van der Waals surface area (Å²) in [5.74, 6) is 0. The van der Waals surface area contributed by atoms with Crippen LogP contribution < -0.4 is 4.72 Å². The van der Waals surface area contributed by atoms with Gasteiger partial charge in [0.2, 0.25) is 10.0 Å². The molecule has 0 saturated carbocycles. The Morgan fingerprint density at radius 2 is 2.30 bits per heavy atom. The number of nitrogens with zero attached hydrogens (tertiary/aromatic N) is 1. The van der Waals surface area contributed by atoms with E-state index in [0.717, 1.165) is 5.56 Å². The van der Waals surface area contributed by atoms with Crippen LogP contribution in [0.3, 0.4) is 0 Å². The minimum atomic E-state index is -3.69. The summed E-state index contributed by atoms with van der Waals surface area (Å²) in [4.78, 5) is 3.81. The molecule has 2 aromatic heterocycles. The van der Waals surface area contributed by atoms with Gasteiger partial charge in [-0.25, -0.2) is 18.1 Å². The molecule has 8 heteroatoms. The van der Waals surface area contributed by atoms with Crippen molar-refractivity contribution in [2.24, 2.45) is 0 Å². The van der Waals surface area contributed by atoms with Gasteiger partial charge in [0.05, 0.1) is 0 Å². The van der Waals surface area contributed by atoms with Crippen LogP contribution in [0.4, 0.5) is 0 Å². The standard InChI is InChI=1S/C12H12BrClN2O2S2/c1-8(4-9-2-3-19-7-9)16-20(17,18)11-5-10(13)6-15-12(11)14/h2-3,5-8,16H,4H2,1H3. The number of rotatable bonds is 5. The van der Waals surface area contributed by atoms with Crippen LogP contribution in [0.1, 0.15) is 12.5 Å². The van der Waals surface area contributed by atoms with Crippen LogP contribution in [0, 0.1) is 0 Å². The Morgan fingerprint density at radius 1 is 1.55 bits per heavy atom. The van der Waals surface area contributed by atoms with E-state index in [0.29, 0.717) is 10.9 Å². The molecule has 0 aliphatic rings. The van der Waals surface area contributed by atoms with Gasteiger partial charge in [0.25, 0.3) is 0 Å². The number of pyridine rings is 1. The van der Waals surface area contributed by atoms with E-state index in [4.69, 9.17) is 11.6 Å². The third-order valence-electron chi connectivity index (χ3n) is 2.54. The maximum absolute atomic E-state index is 12.3. The van der Waals surface area contributed by atoms with Crippen molar-refractivity contribution in [3.05, 3.63) is 44.3 Å². The fraction of sp³-hybridized carbons (Fsp3) is 0.250. The molecule has 108 valence electrons. The molecule has 0 aromatic carbocycles. The largest absolute Gasteiger partial charge is 0.243 e. The molecular weight excluding hydrogens is 384 g/mol. The number of hydrogen-bond donors (Lipinski definition) is 1. The molecule has 0 aliphatic carbocycles. The molecule has 0 radical (unpaired) electrons. The van der Waals surface area contributed by atoms with Crippen molar-refractivity contribution in [3.8, 4) is 0 Å². The van der Waals surface area contributed by atoms with Gasteiger partial charge < -0.3 is 0 Å². The first kappa shape index (κ1) is 15.9. The van der Waals surface area contributed by atoms with Crippen LogP contribution in [0.2, 0.25) is 5.15 Å². The second kappa shape index (κ2) is 6.53. The third kappa shape index (κ3) is 4.02. The molecular formula is C12H12BrClN2O2S2. The van der Waals surface area contributed by atoms with Gasteiger partial charge in [0, 0.05) is 16.7 Å². The monoisotopic (exact) mass is 394 g/mol. The molecule has 0 spiro atoms. The minimum Gasteiger partial charge on any atom is -0.242 e. The first-order chi connectivity index (χ1) is 9.38. The molecule has 2 rings (SSSR count). The average molecular weight is 396 g/mol. The summed E-state index contributed by atoms with van der Waals surface area (Å²) in [6, 6.07) is 3.18. The van der Waals surface area contributed by atoms with Crippen molar-refractivity contribution < 1.29 is 8.42 Å². The number of thiophene rings is 1. The van der Waals surface area contributed by atoms with Crippen molar-refractivity contribution in [2.45, 2.75) is 24.3 Å².